The first kappa shape index (κ1) is 15.4. The zero-order chi connectivity index (χ0) is 17.1. The number of rotatable bonds is 3. The number of aryl methyl sites for hydroxylation is 1. The van der Waals surface area contributed by atoms with Crippen molar-refractivity contribution in [1.29, 1.82) is 0 Å². The Hall–Kier alpha value is -3.09. The summed E-state index contributed by atoms with van der Waals surface area (Å²) < 4.78 is 0. The third-order valence-electron chi connectivity index (χ3n) is 4.25. The van der Waals surface area contributed by atoms with Crippen LogP contribution in [0.4, 0.5) is 11.8 Å². The van der Waals surface area contributed by atoms with E-state index in [2.05, 4.69) is 34.9 Å². The van der Waals surface area contributed by atoms with Crippen LogP contribution in [0.25, 0.3) is 11.4 Å². The van der Waals surface area contributed by atoms with Crippen molar-refractivity contribution in [2.24, 2.45) is 0 Å². The summed E-state index contributed by atoms with van der Waals surface area (Å²) in [6.07, 6.45) is 3.57. The summed E-state index contributed by atoms with van der Waals surface area (Å²) in [6, 6.07) is 11.7. The molecule has 126 valence electrons. The molecular formula is C18H19N7. The third-order valence-corrected chi connectivity index (χ3v) is 4.25. The smallest absolute Gasteiger partial charge is 0.225 e. The lowest BCUT2D eigenvalue weighted by Crippen LogP contribution is -2.47. The summed E-state index contributed by atoms with van der Waals surface area (Å²) in [5, 5.41) is 8.70. The standard InChI is InChI=1S/C18H19N7/c1-14-7-9-20-18(21-14)25-12-10-24(11-13-25)17-6-5-16(22-23-17)15-4-2-3-8-19-15/h2-9H,10-13H2,1H3. The quantitative estimate of drug-likeness (QED) is 0.725. The minimum absolute atomic E-state index is 0.788. The van der Waals surface area contributed by atoms with E-state index in [4.69, 9.17) is 0 Å². The van der Waals surface area contributed by atoms with Crippen molar-refractivity contribution >= 4 is 11.8 Å². The molecule has 0 N–H and O–H groups in total. The third kappa shape index (κ3) is 3.40. The molecule has 0 aromatic carbocycles. The number of anilines is 2. The lowest BCUT2D eigenvalue weighted by atomic mass is 10.2. The van der Waals surface area contributed by atoms with Crippen molar-refractivity contribution in [1.82, 2.24) is 25.1 Å². The summed E-state index contributed by atoms with van der Waals surface area (Å²) >= 11 is 0. The zero-order valence-electron chi connectivity index (χ0n) is 14.1. The largest absolute Gasteiger partial charge is 0.352 e. The van der Waals surface area contributed by atoms with Gasteiger partial charge in [0.25, 0.3) is 0 Å². The van der Waals surface area contributed by atoms with Gasteiger partial charge in [-0.05, 0) is 37.3 Å². The molecule has 0 radical (unpaired) electrons. The Labute approximate surface area is 146 Å². The lowest BCUT2D eigenvalue weighted by Gasteiger charge is -2.35. The predicted molar refractivity (Wildman–Crippen MR) is 96.5 cm³/mol. The van der Waals surface area contributed by atoms with Crippen molar-refractivity contribution in [3.05, 3.63) is 54.5 Å². The Balaban J connectivity index is 1.42. The summed E-state index contributed by atoms with van der Waals surface area (Å²) in [4.78, 5) is 17.6. The molecule has 4 rings (SSSR count). The van der Waals surface area contributed by atoms with Crippen LogP contribution < -0.4 is 9.80 Å². The molecule has 3 aromatic heterocycles. The summed E-state index contributed by atoms with van der Waals surface area (Å²) in [5.74, 6) is 1.70. The highest BCUT2D eigenvalue weighted by atomic mass is 15.3. The van der Waals surface area contributed by atoms with Gasteiger partial charge >= 0.3 is 0 Å². The number of nitrogens with zero attached hydrogens (tertiary/aromatic N) is 7. The van der Waals surface area contributed by atoms with Crippen molar-refractivity contribution in [3.8, 4) is 11.4 Å². The fourth-order valence-electron chi connectivity index (χ4n) is 2.87. The molecule has 1 aliphatic rings. The van der Waals surface area contributed by atoms with E-state index in [1.165, 1.54) is 0 Å². The zero-order valence-corrected chi connectivity index (χ0v) is 14.1. The van der Waals surface area contributed by atoms with Crippen molar-refractivity contribution in [2.75, 3.05) is 36.0 Å². The van der Waals surface area contributed by atoms with Gasteiger partial charge in [0.05, 0.1) is 5.69 Å². The second-order valence-electron chi connectivity index (χ2n) is 5.96. The van der Waals surface area contributed by atoms with Crippen LogP contribution in [-0.2, 0) is 0 Å². The van der Waals surface area contributed by atoms with Gasteiger partial charge in [0.15, 0.2) is 5.82 Å². The average Bonchev–Trinajstić information content (AvgIpc) is 2.69. The maximum Gasteiger partial charge on any atom is 0.225 e. The molecule has 7 heteroatoms. The number of aromatic nitrogens is 5. The molecule has 0 aliphatic carbocycles. The normalized spacial score (nSPS) is 14.6. The van der Waals surface area contributed by atoms with Gasteiger partial charge in [0.2, 0.25) is 5.95 Å². The summed E-state index contributed by atoms with van der Waals surface area (Å²) in [7, 11) is 0. The topological polar surface area (TPSA) is 70.9 Å². The van der Waals surface area contributed by atoms with Crippen LogP contribution >= 0.6 is 0 Å². The Morgan fingerprint density at radius 1 is 0.760 bits per heavy atom. The van der Waals surface area contributed by atoms with Crippen molar-refractivity contribution in [2.45, 2.75) is 6.92 Å². The van der Waals surface area contributed by atoms with E-state index in [1.807, 2.05) is 49.5 Å². The van der Waals surface area contributed by atoms with Crippen LogP contribution in [0.5, 0.6) is 0 Å². The van der Waals surface area contributed by atoms with Crippen molar-refractivity contribution < 1.29 is 0 Å². The van der Waals surface area contributed by atoms with Gasteiger partial charge in [-0.15, -0.1) is 10.2 Å². The second kappa shape index (κ2) is 6.80. The van der Waals surface area contributed by atoms with E-state index < -0.39 is 0 Å². The van der Waals surface area contributed by atoms with Crippen LogP contribution in [0.3, 0.4) is 0 Å². The second-order valence-corrected chi connectivity index (χ2v) is 5.96. The van der Waals surface area contributed by atoms with Crippen LogP contribution in [0.15, 0.2) is 48.8 Å². The summed E-state index contributed by atoms with van der Waals surface area (Å²) in [5.41, 5.74) is 2.61. The molecule has 25 heavy (non-hydrogen) atoms. The van der Waals surface area contributed by atoms with Gasteiger partial charge in [-0.3, -0.25) is 4.98 Å². The Bertz CT molecular complexity index is 828. The number of hydrogen-bond acceptors (Lipinski definition) is 7. The maximum atomic E-state index is 4.50. The maximum absolute atomic E-state index is 4.50. The molecule has 0 unspecified atom stereocenters. The van der Waals surface area contributed by atoms with Gasteiger partial charge < -0.3 is 9.80 Å². The highest BCUT2D eigenvalue weighted by molar-refractivity contribution is 5.55. The van der Waals surface area contributed by atoms with E-state index in [1.54, 1.807) is 6.20 Å². The van der Waals surface area contributed by atoms with Crippen LogP contribution in [-0.4, -0.2) is 51.3 Å². The molecule has 1 aliphatic heterocycles. The molecule has 0 spiro atoms. The van der Waals surface area contributed by atoms with Gasteiger partial charge in [0.1, 0.15) is 5.69 Å². The van der Waals surface area contributed by atoms with Crippen LogP contribution in [0.2, 0.25) is 0 Å². The molecule has 4 heterocycles. The Kier molecular flexibility index (Phi) is 4.20. The van der Waals surface area contributed by atoms with E-state index >= 15 is 0 Å². The highest BCUT2D eigenvalue weighted by Crippen LogP contribution is 2.18. The molecule has 0 amide bonds. The van der Waals surface area contributed by atoms with E-state index in [0.29, 0.717) is 0 Å². The molecule has 1 fully saturated rings. The molecule has 1 saturated heterocycles. The first-order valence-corrected chi connectivity index (χ1v) is 8.34. The highest BCUT2D eigenvalue weighted by Gasteiger charge is 2.20. The van der Waals surface area contributed by atoms with Gasteiger partial charge in [-0.25, -0.2) is 9.97 Å². The predicted octanol–water partition coefficient (Wildman–Crippen LogP) is 1.96. The minimum atomic E-state index is 0.788. The average molecular weight is 333 g/mol. The molecule has 3 aromatic rings. The molecule has 0 bridgehead atoms. The summed E-state index contributed by atoms with van der Waals surface area (Å²) in [6.45, 7) is 5.46. The van der Waals surface area contributed by atoms with Crippen molar-refractivity contribution in [3.63, 3.8) is 0 Å². The van der Waals surface area contributed by atoms with Gasteiger partial charge in [-0.2, -0.15) is 0 Å². The molecular weight excluding hydrogens is 314 g/mol. The lowest BCUT2D eigenvalue weighted by molar-refractivity contribution is 0.630. The molecule has 7 nitrogen and oxygen atoms in total. The number of piperazine rings is 1. The van der Waals surface area contributed by atoms with E-state index in [-0.39, 0.29) is 0 Å². The minimum Gasteiger partial charge on any atom is -0.352 e. The molecule has 0 atom stereocenters. The monoisotopic (exact) mass is 333 g/mol. The first-order chi connectivity index (χ1) is 12.3. The van der Waals surface area contributed by atoms with E-state index in [9.17, 15) is 0 Å². The number of hydrogen-bond donors (Lipinski definition) is 0. The van der Waals surface area contributed by atoms with Crippen LogP contribution in [0.1, 0.15) is 5.69 Å². The SMILES string of the molecule is Cc1ccnc(N2CCN(c3ccc(-c4ccccn4)nn3)CC2)n1. The molecule has 0 saturated carbocycles. The fraction of sp³-hybridized carbons (Fsp3) is 0.278. The Morgan fingerprint density at radius 3 is 2.28 bits per heavy atom. The fourth-order valence-corrected chi connectivity index (χ4v) is 2.87. The van der Waals surface area contributed by atoms with E-state index in [0.717, 1.165) is 55.0 Å². The Morgan fingerprint density at radius 2 is 1.60 bits per heavy atom. The van der Waals surface area contributed by atoms with Gasteiger partial charge in [0, 0.05) is 44.3 Å². The van der Waals surface area contributed by atoms with Gasteiger partial charge in [-0.1, -0.05) is 6.07 Å². The number of pyridine rings is 1. The van der Waals surface area contributed by atoms with Crippen LogP contribution in [0, 0.1) is 6.92 Å². The first-order valence-electron chi connectivity index (χ1n) is 8.34.